The van der Waals surface area contributed by atoms with Gasteiger partial charge in [-0.15, -0.1) is 0 Å². The van der Waals surface area contributed by atoms with E-state index in [1.165, 1.54) is 12.3 Å². The van der Waals surface area contributed by atoms with Crippen LogP contribution in [0, 0.1) is 5.92 Å². The first-order chi connectivity index (χ1) is 15.0. The van der Waals surface area contributed by atoms with Crippen molar-refractivity contribution in [2.45, 2.75) is 37.1 Å². The normalized spacial score (nSPS) is 21.0. The first-order valence-corrected chi connectivity index (χ1v) is 12.0. The molecule has 5 rings (SSSR count). The molecule has 8 heteroatoms. The highest BCUT2D eigenvalue weighted by molar-refractivity contribution is 7.90. The van der Waals surface area contributed by atoms with E-state index in [1.807, 2.05) is 53.4 Å². The zero-order valence-electron chi connectivity index (χ0n) is 16.9. The predicted octanol–water partition coefficient (Wildman–Crippen LogP) is 3.05. The third-order valence-corrected chi connectivity index (χ3v) is 7.68. The third kappa shape index (κ3) is 4.60. The van der Waals surface area contributed by atoms with Crippen molar-refractivity contribution in [2.24, 2.45) is 5.92 Å². The molecule has 162 valence electrons. The molecule has 1 aromatic carbocycles. The van der Waals surface area contributed by atoms with Crippen molar-refractivity contribution in [1.29, 1.82) is 0 Å². The highest BCUT2D eigenvalue weighted by Crippen LogP contribution is 2.29. The number of ether oxygens (including phenoxy) is 1. The number of fused-ring (bicyclic) bond motifs is 1. The maximum Gasteiger partial charge on any atom is 0.227 e. The zero-order valence-corrected chi connectivity index (χ0v) is 17.8. The van der Waals surface area contributed by atoms with Gasteiger partial charge in [-0.25, -0.2) is 13.1 Å². The lowest BCUT2D eigenvalue weighted by Gasteiger charge is -2.14. The molecule has 31 heavy (non-hydrogen) atoms. The molecule has 2 aromatic heterocycles. The average Bonchev–Trinajstić information content (AvgIpc) is 3.40. The molecule has 0 aliphatic heterocycles. The molecule has 3 aromatic rings. The van der Waals surface area contributed by atoms with E-state index >= 15 is 0 Å². The average molecular weight is 441 g/mol. The van der Waals surface area contributed by atoms with Gasteiger partial charge in [-0.2, -0.15) is 0 Å². The lowest BCUT2D eigenvalue weighted by molar-refractivity contribution is 0.259. The van der Waals surface area contributed by atoms with Crippen LogP contribution in [0.4, 0.5) is 0 Å². The van der Waals surface area contributed by atoms with Gasteiger partial charge in [0, 0.05) is 30.4 Å². The number of hydrogen-bond donors (Lipinski definition) is 1. The second-order valence-electron chi connectivity index (χ2n) is 8.29. The van der Waals surface area contributed by atoms with E-state index in [9.17, 15) is 13.2 Å². The number of rotatable bonds is 8. The molecule has 0 bridgehead atoms. The van der Waals surface area contributed by atoms with E-state index in [0.717, 1.165) is 23.6 Å². The number of aromatic nitrogens is 1. The lowest BCUT2D eigenvalue weighted by atomic mass is 10.1. The Balaban J connectivity index is 1.16. The van der Waals surface area contributed by atoms with Crippen LogP contribution < -0.4 is 14.9 Å². The van der Waals surface area contributed by atoms with Crippen molar-refractivity contribution in [3.05, 3.63) is 77.1 Å². The van der Waals surface area contributed by atoms with Gasteiger partial charge in [-0.3, -0.25) is 4.79 Å². The Morgan fingerprint density at radius 2 is 1.87 bits per heavy atom. The van der Waals surface area contributed by atoms with Crippen molar-refractivity contribution in [3.8, 4) is 5.75 Å². The number of hydrogen-bond acceptors (Lipinski definition) is 5. The first kappa shape index (κ1) is 20.1. The number of nitrogens with zero attached hydrogens (tertiary/aromatic N) is 1. The highest BCUT2D eigenvalue weighted by atomic mass is 32.2. The van der Waals surface area contributed by atoms with Gasteiger partial charge in [-0.05, 0) is 30.0 Å². The van der Waals surface area contributed by atoms with E-state index in [0.29, 0.717) is 25.3 Å². The highest BCUT2D eigenvalue weighted by Gasteiger charge is 2.37. The molecule has 2 unspecified atom stereocenters. The summed E-state index contributed by atoms with van der Waals surface area (Å²) < 4.78 is 40.1. The van der Waals surface area contributed by atoms with Crippen LogP contribution in [0.25, 0.3) is 10.8 Å². The summed E-state index contributed by atoms with van der Waals surface area (Å²) in [7, 11) is -3.22. The fourth-order valence-electron chi connectivity index (χ4n) is 3.91. The van der Waals surface area contributed by atoms with Gasteiger partial charge in [0.1, 0.15) is 12.0 Å². The largest absolute Gasteiger partial charge is 0.486 e. The second kappa shape index (κ2) is 8.01. The van der Waals surface area contributed by atoms with Crippen LogP contribution in [0.3, 0.4) is 0 Å². The fourth-order valence-corrected chi connectivity index (χ4v) is 5.45. The summed E-state index contributed by atoms with van der Waals surface area (Å²) in [6.07, 6.45) is 11.3. The van der Waals surface area contributed by atoms with Crippen LogP contribution >= 0.6 is 0 Å². The van der Waals surface area contributed by atoms with Crippen molar-refractivity contribution < 1.29 is 17.6 Å². The van der Waals surface area contributed by atoms with E-state index in [-0.39, 0.29) is 28.4 Å². The van der Waals surface area contributed by atoms with Gasteiger partial charge in [-0.1, -0.05) is 36.4 Å². The Labute approximate surface area is 180 Å². The SMILES string of the molecule is O=c1cc(Cn2cc3ccccc3c2)occ1OCC1C=CC(NS(=O)(=O)C2CC2)C1. The minimum atomic E-state index is -3.22. The molecule has 0 saturated heterocycles. The number of nitrogens with one attached hydrogen (secondary N) is 1. The van der Waals surface area contributed by atoms with Gasteiger partial charge in [0.25, 0.3) is 0 Å². The maximum absolute atomic E-state index is 12.4. The van der Waals surface area contributed by atoms with E-state index in [2.05, 4.69) is 4.72 Å². The smallest absolute Gasteiger partial charge is 0.227 e. The van der Waals surface area contributed by atoms with Crippen molar-refractivity contribution in [1.82, 2.24) is 9.29 Å². The standard InChI is InChI=1S/C23H24N2O5S/c26-22-10-20(13-25-11-17-3-1-2-4-18(17)12-25)29-15-23(22)30-14-16-5-6-19(9-16)24-31(27,28)21-7-8-21/h1-6,10-12,15-16,19,21,24H,7-9,13-14H2. The van der Waals surface area contributed by atoms with Crippen LogP contribution in [-0.2, 0) is 16.6 Å². The summed E-state index contributed by atoms with van der Waals surface area (Å²) in [6, 6.07) is 9.30. The minimum Gasteiger partial charge on any atom is -0.486 e. The summed E-state index contributed by atoms with van der Waals surface area (Å²) in [6.45, 7) is 0.754. The monoisotopic (exact) mass is 440 g/mol. The molecule has 1 N–H and O–H groups in total. The summed E-state index contributed by atoms with van der Waals surface area (Å²) >= 11 is 0. The van der Waals surface area contributed by atoms with Gasteiger partial charge < -0.3 is 13.7 Å². The second-order valence-corrected chi connectivity index (χ2v) is 10.3. The molecule has 2 heterocycles. The minimum absolute atomic E-state index is 0.0401. The van der Waals surface area contributed by atoms with Crippen molar-refractivity contribution in [3.63, 3.8) is 0 Å². The molecule has 0 radical (unpaired) electrons. The Morgan fingerprint density at radius 1 is 1.13 bits per heavy atom. The summed E-state index contributed by atoms with van der Waals surface area (Å²) in [5.74, 6) is 0.753. The lowest BCUT2D eigenvalue weighted by Crippen LogP contribution is -2.35. The first-order valence-electron chi connectivity index (χ1n) is 10.4. The Kier molecular flexibility index (Phi) is 5.19. The van der Waals surface area contributed by atoms with E-state index in [1.54, 1.807) is 0 Å². The zero-order chi connectivity index (χ0) is 21.4. The van der Waals surface area contributed by atoms with E-state index in [4.69, 9.17) is 9.15 Å². The molecule has 0 spiro atoms. The Bertz CT molecular complexity index is 1250. The molecular formula is C23H24N2O5S. The van der Waals surface area contributed by atoms with Crippen LogP contribution in [0.2, 0.25) is 0 Å². The van der Waals surface area contributed by atoms with Crippen LogP contribution in [0.15, 0.2) is 70.4 Å². The van der Waals surface area contributed by atoms with Crippen LogP contribution in [0.1, 0.15) is 25.0 Å². The fraction of sp³-hybridized carbons (Fsp3) is 0.348. The third-order valence-electron chi connectivity index (χ3n) is 5.70. The van der Waals surface area contributed by atoms with E-state index < -0.39 is 10.0 Å². The topological polar surface area (TPSA) is 90.5 Å². The maximum atomic E-state index is 12.4. The number of sulfonamides is 1. The Hall–Kier alpha value is -2.84. The summed E-state index contributed by atoms with van der Waals surface area (Å²) in [5.41, 5.74) is -0.231. The van der Waals surface area contributed by atoms with Gasteiger partial charge >= 0.3 is 0 Å². The molecule has 1 saturated carbocycles. The summed E-state index contributed by atoms with van der Waals surface area (Å²) in [4.78, 5) is 12.4. The van der Waals surface area contributed by atoms with Gasteiger partial charge in [0.2, 0.25) is 21.2 Å². The molecule has 2 aliphatic rings. The van der Waals surface area contributed by atoms with Crippen molar-refractivity contribution in [2.75, 3.05) is 6.61 Å². The van der Waals surface area contributed by atoms with Gasteiger partial charge in [0.05, 0.1) is 18.4 Å². The molecule has 2 aliphatic carbocycles. The number of benzene rings is 1. The van der Waals surface area contributed by atoms with Gasteiger partial charge in [0.15, 0.2) is 0 Å². The van der Waals surface area contributed by atoms with Crippen LogP contribution in [-0.4, -0.2) is 30.9 Å². The quantitative estimate of drug-likeness (QED) is 0.544. The molecule has 0 amide bonds. The predicted molar refractivity (Wildman–Crippen MR) is 118 cm³/mol. The summed E-state index contributed by atoms with van der Waals surface area (Å²) in [5, 5.41) is 2.03. The van der Waals surface area contributed by atoms with Crippen molar-refractivity contribution >= 4 is 20.8 Å². The Morgan fingerprint density at radius 3 is 2.55 bits per heavy atom. The molecular weight excluding hydrogens is 416 g/mol. The molecule has 2 atom stereocenters. The van der Waals surface area contributed by atoms with Crippen LogP contribution in [0.5, 0.6) is 5.75 Å². The molecule has 7 nitrogen and oxygen atoms in total. The molecule has 1 fully saturated rings.